The molecule has 1 aliphatic rings. The maximum atomic E-state index is 12.1. The number of aromatic nitrogens is 1. The second-order valence-electron chi connectivity index (χ2n) is 6.64. The van der Waals surface area contributed by atoms with Gasteiger partial charge in [0.15, 0.2) is 0 Å². The molecule has 7 heteroatoms. The lowest BCUT2D eigenvalue weighted by molar-refractivity contribution is 0.0240. The normalized spacial score (nSPS) is 15.7. The second-order valence-corrected chi connectivity index (χ2v) is 7.05. The number of ether oxygens (including phenoxy) is 1. The molecule has 0 aromatic carbocycles. The minimum Gasteiger partial charge on any atom is -0.444 e. The first-order chi connectivity index (χ1) is 10.8. The first-order valence-corrected chi connectivity index (χ1v) is 8.25. The van der Waals surface area contributed by atoms with Crippen LogP contribution in [0.5, 0.6) is 0 Å². The number of anilines is 1. The highest BCUT2D eigenvalue weighted by molar-refractivity contribution is 6.33. The summed E-state index contributed by atoms with van der Waals surface area (Å²) in [5, 5.41) is 0.627. The summed E-state index contributed by atoms with van der Waals surface area (Å²) >= 11 is 6.33. The molecule has 2 heterocycles. The van der Waals surface area contributed by atoms with Gasteiger partial charge in [-0.3, -0.25) is 0 Å². The van der Waals surface area contributed by atoms with Gasteiger partial charge in [0.05, 0.1) is 5.02 Å². The zero-order valence-electron chi connectivity index (χ0n) is 14.0. The van der Waals surface area contributed by atoms with Crippen LogP contribution in [0.1, 0.15) is 26.3 Å². The molecule has 1 fully saturated rings. The molecule has 6 nitrogen and oxygen atoms in total. The monoisotopic (exact) mass is 340 g/mol. The number of hydrogen-bond acceptors (Lipinski definition) is 5. The first kappa shape index (κ1) is 17.8. The average molecular weight is 341 g/mol. The highest BCUT2D eigenvalue weighted by atomic mass is 35.5. The van der Waals surface area contributed by atoms with E-state index >= 15 is 0 Å². The van der Waals surface area contributed by atoms with E-state index in [0.29, 0.717) is 37.7 Å². The number of carbonyl (C=O) groups is 1. The highest BCUT2D eigenvalue weighted by Gasteiger charge is 2.27. The van der Waals surface area contributed by atoms with E-state index in [1.54, 1.807) is 4.90 Å². The Morgan fingerprint density at radius 1 is 1.35 bits per heavy atom. The van der Waals surface area contributed by atoms with Crippen molar-refractivity contribution in [3.05, 3.63) is 22.8 Å². The predicted octanol–water partition coefficient (Wildman–Crippen LogP) is 2.29. The van der Waals surface area contributed by atoms with Crippen LogP contribution in [0.3, 0.4) is 0 Å². The van der Waals surface area contributed by atoms with Crippen LogP contribution >= 0.6 is 11.6 Å². The van der Waals surface area contributed by atoms with E-state index in [1.165, 1.54) is 0 Å². The van der Waals surface area contributed by atoms with Gasteiger partial charge in [-0.25, -0.2) is 9.78 Å². The number of nitrogens with two attached hydrogens (primary N) is 1. The van der Waals surface area contributed by atoms with Gasteiger partial charge >= 0.3 is 6.09 Å². The third kappa shape index (κ3) is 4.97. The van der Waals surface area contributed by atoms with Crippen molar-refractivity contribution in [2.45, 2.75) is 32.8 Å². The van der Waals surface area contributed by atoms with Gasteiger partial charge in [0.25, 0.3) is 0 Å². The summed E-state index contributed by atoms with van der Waals surface area (Å²) in [6, 6.07) is 1.91. The molecule has 1 aromatic heterocycles. The third-order valence-electron chi connectivity index (χ3n) is 3.54. The summed E-state index contributed by atoms with van der Waals surface area (Å²) < 4.78 is 5.40. The Morgan fingerprint density at radius 2 is 2.00 bits per heavy atom. The zero-order valence-corrected chi connectivity index (χ0v) is 14.8. The van der Waals surface area contributed by atoms with Crippen LogP contribution in [0.2, 0.25) is 5.02 Å². The van der Waals surface area contributed by atoms with Gasteiger partial charge in [-0.15, -0.1) is 0 Å². The maximum Gasteiger partial charge on any atom is 0.410 e. The summed E-state index contributed by atoms with van der Waals surface area (Å²) in [7, 11) is 0. The maximum absolute atomic E-state index is 12.1. The molecule has 1 aromatic rings. The molecule has 0 saturated carbocycles. The Kier molecular flexibility index (Phi) is 5.70. The molecule has 0 bridgehead atoms. The third-order valence-corrected chi connectivity index (χ3v) is 3.82. The predicted molar refractivity (Wildman–Crippen MR) is 92.0 cm³/mol. The van der Waals surface area contributed by atoms with Crippen molar-refractivity contribution in [2.75, 3.05) is 37.6 Å². The number of pyridine rings is 1. The molecular formula is C16H25ClN4O2. The zero-order chi connectivity index (χ0) is 17.0. The van der Waals surface area contributed by atoms with Gasteiger partial charge in [-0.2, -0.15) is 0 Å². The van der Waals surface area contributed by atoms with Gasteiger partial charge in [0.1, 0.15) is 11.4 Å². The molecule has 1 saturated heterocycles. The van der Waals surface area contributed by atoms with Crippen molar-refractivity contribution in [1.82, 2.24) is 9.88 Å². The highest BCUT2D eigenvalue weighted by Crippen LogP contribution is 2.25. The van der Waals surface area contributed by atoms with Crippen LogP contribution in [-0.4, -0.2) is 54.3 Å². The van der Waals surface area contributed by atoms with E-state index in [1.807, 2.05) is 33.0 Å². The van der Waals surface area contributed by atoms with Gasteiger partial charge < -0.3 is 20.3 Å². The lowest BCUT2D eigenvalue weighted by Crippen LogP contribution is -2.50. The fourth-order valence-electron chi connectivity index (χ4n) is 2.43. The SMILES string of the molecule is CC(C)(C)OC(=O)N1CCN(c2ncc(CCN)cc2Cl)CC1. The Labute approximate surface area is 142 Å². The second kappa shape index (κ2) is 7.36. The molecule has 2 N–H and O–H groups in total. The number of hydrogen-bond donors (Lipinski definition) is 1. The van der Waals surface area contributed by atoms with Gasteiger partial charge in [0.2, 0.25) is 0 Å². The van der Waals surface area contributed by atoms with E-state index in [0.717, 1.165) is 17.8 Å². The topological polar surface area (TPSA) is 71.7 Å². The van der Waals surface area contributed by atoms with Gasteiger partial charge in [0, 0.05) is 32.4 Å². The van der Waals surface area contributed by atoms with Crippen molar-refractivity contribution in [3.8, 4) is 0 Å². The number of rotatable bonds is 3. The summed E-state index contributed by atoms with van der Waals surface area (Å²) in [6.45, 7) is 8.74. The summed E-state index contributed by atoms with van der Waals surface area (Å²) in [6.07, 6.45) is 2.31. The largest absolute Gasteiger partial charge is 0.444 e. The molecule has 128 valence electrons. The number of nitrogens with zero attached hydrogens (tertiary/aromatic N) is 3. The Bertz CT molecular complexity index is 552. The van der Waals surface area contributed by atoms with Crippen molar-refractivity contribution in [3.63, 3.8) is 0 Å². The average Bonchev–Trinajstić information content (AvgIpc) is 2.46. The number of halogens is 1. The van der Waals surface area contributed by atoms with E-state index in [2.05, 4.69) is 9.88 Å². The first-order valence-electron chi connectivity index (χ1n) is 7.87. The Hall–Kier alpha value is -1.53. The number of piperazine rings is 1. The Morgan fingerprint density at radius 3 is 2.52 bits per heavy atom. The molecular weight excluding hydrogens is 316 g/mol. The molecule has 0 atom stereocenters. The number of amides is 1. The molecule has 0 unspecified atom stereocenters. The van der Waals surface area contributed by atoms with Crippen LogP contribution in [0.15, 0.2) is 12.3 Å². The molecule has 0 aliphatic carbocycles. The van der Waals surface area contributed by atoms with Gasteiger partial charge in [-0.1, -0.05) is 11.6 Å². The van der Waals surface area contributed by atoms with E-state index < -0.39 is 5.60 Å². The van der Waals surface area contributed by atoms with Crippen LogP contribution < -0.4 is 10.6 Å². The van der Waals surface area contributed by atoms with Crippen LogP contribution in [0, 0.1) is 0 Å². The summed E-state index contributed by atoms with van der Waals surface area (Å²) in [5.41, 5.74) is 6.11. The fourth-order valence-corrected chi connectivity index (χ4v) is 2.74. The van der Waals surface area contributed by atoms with Crippen molar-refractivity contribution < 1.29 is 9.53 Å². The van der Waals surface area contributed by atoms with E-state index in [9.17, 15) is 4.79 Å². The molecule has 0 spiro atoms. The van der Waals surface area contributed by atoms with Crippen molar-refractivity contribution in [2.24, 2.45) is 5.73 Å². The summed E-state index contributed by atoms with van der Waals surface area (Å²) in [5.74, 6) is 0.760. The standard InChI is InChI=1S/C16H25ClN4O2/c1-16(2,3)23-15(22)21-8-6-20(7-9-21)14-13(17)10-12(4-5-18)11-19-14/h10-11H,4-9,18H2,1-3H3. The lowest BCUT2D eigenvalue weighted by atomic mass is 10.2. The number of carbonyl (C=O) groups excluding carboxylic acids is 1. The van der Waals surface area contributed by atoms with Crippen molar-refractivity contribution in [1.29, 1.82) is 0 Å². The van der Waals surface area contributed by atoms with Crippen LogP contribution in [0.25, 0.3) is 0 Å². The molecule has 1 aliphatic heterocycles. The molecule has 23 heavy (non-hydrogen) atoms. The van der Waals surface area contributed by atoms with E-state index in [-0.39, 0.29) is 6.09 Å². The molecule has 2 rings (SSSR count). The minimum atomic E-state index is -0.474. The molecule has 1 amide bonds. The molecule has 0 radical (unpaired) electrons. The lowest BCUT2D eigenvalue weighted by Gasteiger charge is -2.36. The van der Waals surface area contributed by atoms with Crippen molar-refractivity contribution >= 4 is 23.5 Å². The Balaban J connectivity index is 1.95. The quantitative estimate of drug-likeness (QED) is 0.914. The van der Waals surface area contributed by atoms with E-state index in [4.69, 9.17) is 22.1 Å². The van der Waals surface area contributed by atoms with Gasteiger partial charge in [-0.05, 0) is 45.4 Å². The van der Waals surface area contributed by atoms with Crippen LogP contribution in [-0.2, 0) is 11.2 Å². The smallest absolute Gasteiger partial charge is 0.410 e. The summed E-state index contributed by atoms with van der Waals surface area (Å²) in [4.78, 5) is 20.3. The minimum absolute atomic E-state index is 0.269. The fraction of sp³-hybridized carbons (Fsp3) is 0.625. The van der Waals surface area contributed by atoms with Crippen LogP contribution in [0.4, 0.5) is 10.6 Å².